The SMILES string of the molecule is O=Cc1cncc(-c2cccc3ccsc23)c1. The van der Waals surface area contributed by atoms with Gasteiger partial charge >= 0.3 is 0 Å². The molecule has 82 valence electrons. The molecule has 1 aromatic carbocycles. The zero-order valence-electron chi connectivity index (χ0n) is 8.96. The Morgan fingerprint density at radius 1 is 1.18 bits per heavy atom. The molecule has 3 rings (SSSR count). The van der Waals surface area contributed by atoms with Crippen LogP contribution < -0.4 is 0 Å². The first kappa shape index (κ1) is 10.2. The van der Waals surface area contributed by atoms with E-state index in [2.05, 4.69) is 28.6 Å². The number of nitrogens with zero attached hydrogens (tertiary/aromatic N) is 1. The van der Waals surface area contributed by atoms with Gasteiger partial charge in [-0.15, -0.1) is 11.3 Å². The molecule has 3 heteroatoms. The Labute approximate surface area is 103 Å². The summed E-state index contributed by atoms with van der Waals surface area (Å²) in [4.78, 5) is 14.9. The molecule has 0 saturated carbocycles. The van der Waals surface area contributed by atoms with Crippen LogP contribution in [0.1, 0.15) is 10.4 Å². The van der Waals surface area contributed by atoms with E-state index in [9.17, 15) is 4.79 Å². The number of thiophene rings is 1. The second kappa shape index (κ2) is 4.11. The lowest BCUT2D eigenvalue weighted by molar-refractivity contribution is 0.112. The lowest BCUT2D eigenvalue weighted by Crippen LogP contribution is -1.85. The Morgan fingerprint density at radius 2 is 2.12 bits per heavy atom. The van der Waals surface area contributed by atoms with E-state index in [-0.39, 0.29) is 0 Å². The van der Waals surface area contributed by atoms with Crippen molar-refractivity contribution in [3.05, 3.63) is 53.7 Å². The van der Waals surface area contributed by atoms with Crippen LogP contribution >= 0.6 is 11.3 Å². The lowest BCUT2D eigenvalue weighted by atomic mass is 10.0. The first-order valence-electron chi connectivity index (χ1n) is 5.25. The van der Waals surface area contributed by atoms with Crippen molar-refractivity contribution < 1.29 is 4.79 Å². The summed E-state index contributed by atoms with van der Waals surface area (Å²) in [5, 5.41) is 3.30. The van der Waals surface area contributed by atoms with Crippen LogP contribution in [0.2, 0.25) is 0 Å². The highest BCUT2D eigenvalue weighted by molar-refractivity contribution is 7.17. The number of fused-ring (bicyclic) bond motifs is 1. The van der Waals surface area contributed by atoms with E-state index in [1.165, 1.54) is 10.1 Å². The molecule has 0 radical (unpaired) electrons. The molecule has 0 unspecified atom stereocenters. The second-order valence-electron chi connectivity index (χ2n) is 3.77. The minimum atomic E-state index is 0.607. The summed E-state index contributed by atoms with van der Waals surface area (Å²) in [5.41, 5.74) is 2.73. The number of benzene rings is 1. The van der Waals surface area contributed by atoms with Gasteiger partial charge in [0.15, 0.2) is 6.29 Å². The van der Waals surface area contributed by atoms with E-state index < -0.39 is 0 Å². The van der Waals surface area contributed by atoms with Crippen LogP contribution in [0.4, 0.5) is 0 Å². The fourth-order valence-electron chi connectivity index (χ4n) is 1.89. The zero-order valence-corrected chi connectivity index (χ0v) is 9.78. The van der Waals surface area contributed by atoms with Crippen LogP contribution in [0, 0.1) is 0 Å². The molecule has 0 bridgehead atoms. The van der Waals surface area contributed by atoms with E-state index in [0.717, 1.165) is 17.4 Å². The normalized spacial score (nSPS) is 10.6. The highest BCUT2D eigenvalue weighted by Gasteiger charge is 2.05. The molecule has 17 heavy (non-hydrogen) atoms. The first-order valence-corrected chi connectivity index (χ1v) is 6.13. The summed E-state index contributed by atoms with van der Waals surface area (Å²) in [5.74, 6) is 0. The van der Waals surface area contributed by atoms with Crippen molar-refractivity contribution in [2.75, 3.05) is 0 Å². The monoisotopic (exact) mass is 239 g/mol. The Bertz CT molecular complexity index is 687. The van der Waals surface area contributed by atoms with Gasteiger partial charge < -0.3 is 0 Å². The molecule has 0 N–H and O–H groups in total. The molecule has 2 aromatic heterocycles. The summed E-state index contributed by atoms with van der Waals surface area (Å²) < 4.78 is 1.23. The highest BCUT2D eigenvalue weighted by Crippen LogP contribution is 2.32. The van der Waals surface area contributed by atoms with Gasteiger partial charge in [-0.25, -0.2) is 0 Å². The van der Waals surface area contributed by atoms with Gasteiger partial charge in [-0.05, 0) is 22.9 Å². The lowest BCUT2D eigenvalue weighted by Gasteiger charge is -2.03. The summed E-state index contributed by atoms with van der Waals surface area (Å²) in [7, 11) is 0. The van der Waals surface area contributed by atoms with Gasteiger partial charge in [0.05, 0.1) is 0 Å². The number of aldehydes is 1. The van der Waals surface area contributed by atoms with E-state index in [1.807, 2.05) is 12.1 Å². The maximum absolute atomic E-state index is 10.8. The molecule has 0 fully saturated rings. The van der Waals surface area contributed by atoms with Crippen molar-refractivity contribution in [3.63, 3.8) is 0 Å². The van der Waals surface area contributed by atoms with Crippen LogP contribution in [0.15, 0.2) is 48.1 Å². The molecule has 0 aliphatic carbocycles. The number of carbonyl (C=O) groups is 1. The van der Waals surface area contributed by atoms with Gasteiger partial charge in [0.25, 0.3) is 0 Å². The fraction of sp³-hybridized carbons (Fsp3) is 0. The third-order valence-electron chi connectivity index (χ3n) is 2.69. The van der Waals surface area contributed by atoms with Gasteiger partial charge in [0.2, 0.25) is 0 Å². The third-order valence-corrected chi connectivity index (χ3v) is 3.65. The molecule has 0 aliphatic heterocycles. The predicted octanol–water partition coefficient (Wildman–Crippen LogP) is 3.78. The molecule has 2 heterocycles. The molecule has 0 saturated heterocycles. The van der Waals surface area contributed by atoms with Gasteiger partial charge in [-0.3, -0.25) is 9.78 Å². The molecule has 0 aliphatic rings. The number of pyridine rings is 1. The summed E-state index contributed by atoms with van der Waals surface area (Å²) in [6.07, 6.45) is 4.19. The fourth-order valence-corrected chi connectivity index (χ4v) is 2.83. The molecule has 2 nitrogen and oxygen atoms in total. The predicted molar refractivity (Wildman–Crippen MR) is 70.4 cm³/mol. The summed E-state index contributed by atoms with van der Waals surface area (Å²) in [6.45, 7) is 0. The summed E-state index contributed by atoms with van der Waals surface area (Å²) >= 11 is 1.71. The topological polar surface area (TPSA) is 30.0 Å². The van der Waals surface area contributed by atoms with E-state index >= 15 is 0 Å². The molecule has 0 atom stereocenters. The largest absolute Gasteiger partial charge is 0.298 e. The van der Waals surface area contributed by atoms with Crippen molar-refractivity contribution >= 4 is 27.7 Å². The van der Waals surface area contributed by atoms with Crippen LogP contribution in [0.25, 0.3) is 21.2 Å². The van der Waals surface area contributed by atoms with Gasteiger partial charge in [0, 0.05) is 33.8 Å². The zero-order chi connectivity index (χ0) is 11.7. The number of hydrogen-bond acceptors (Lipinski definition) is 3. The number of carbonyl (C=O) groups excluding carboxylic acids is 1. The number of rotatable bonds is 2. The van der Waals surface area contributed by atoms with Gasteiger partial charge in [-0.2, -0.15) is 0 Å². The van der Waals surface area contributed by atoms with Gasteiger partial charge in [0.1, 0.15) is 0 Å². The van der Waals surface area contributed by atoms with Crippen molar-refractivity contribution in [2.24, 2.45) is 0 Å². The molecular formula is C14H9NOS. The number of aromatic nitrogens is 1. The number of hydrogen-bond donors (Lipinski definition) is 0. The maximum atomic E-state index is 10.8. The Hall–Kier alpha value is -2.00. The molecule has 3 aromatic rings. The smallest absolute Gasteiger partial charge is 0.151 e. The molecule has 0 amide bonds. The minimum absolute atomic E-state index is 0.607. The average Bonchev–Trinajstić information content (AvgIpc) is 2.87. The van der Waals surface area contributed by atoms with E-state index in [4.69, 9.17) is 0 Å². The van der Waals surface area contributed by atoms with Crippen LogP contribution in [0.5, 0.6) is 0 Å². The highest BCUT2D eigenvalue weighted by atomic mass is 32.1. The van der Waals surface area contributed by atoms with E-state index in [1.54, 1.807) is 23.7 Å². The standard InChI is InChI=1S/C14H9NOS/c16-9-10-6-12(8-15-7-10)13-3-1-2-11-4-5-17-14(11)13/h1-9H. The second-order valence-corrected chi connectivity index (χ2v) is 4.69. The van der Waals surface area contributed by atoms with Crippen LogP contribution in [0.3, 0.4) is 0 Å². The van der Waals surface area contributed by atoms with Crippen LogP contribution in [-0.4, -0.2) is 11.3 Å². The Morgan fingerprint density at radius 3 is 3.00 bits per heavy atom. The van der Waals surface area contributed by atoms with Crippen molar-refractivity contribution in [2.45, 2.75) is 0 Å². The Balaban J connectivity index is 2.26. The van der Waals surface area contributed by atoms with Crippen molar-refractivity contribution in [1.29, 1.82) is 0 Å². The van der Waals surface area contributed by atoms with Crippen LogP contribution in [-0.2, 0) is 0 Å². The molecule has 0 spiro atoms. The quantitative estimate of drug-likeness (QED) is 0.637. The van der Waals surface area contributed by atoms with E-state index in [0.29, 0.717) is 5.56 Å². The third kappa shape index (κ3) is 1.74. The first-order chi connectivity index (χ1) is 8.38. The van der Waals surface area contributed by atoms with Gasteiger partial charge in [-0.1, -0.05) is 18.2 Å². The van der Waals surface area contributed by atoms with Crippen molar-refractivity contribution in [3.8, 4) is 11.1 Å². The average molecular weight is 239 g/mol. The Kier molecular flexibility index (Phi) is 2.46. The maximum Gasteiger partial charge on any atom is 0.151 e. The molecular weight excluding hydrogens is 230 g/mol. The van der Waals surface area contributed by atoms with Crippen molar-refractivity contribution in [1.82, 2.24) is 4.98 Å². The summed E-state index contributed by atoms with van der Waals surface area (Å²) in [6, 6.07) is 10.1. The minimum Gasteiger partial charge on any atom is -0.298 e.